The van der Waals surface area contributed by atoms with Crippen LogP contribution in [0.15, 0.2) is 42.2 Å². The molecule has 0 spiro atoms. The number of allylic oxidation sites excluding steroid dienone is 1. The number of Topliss-reactive ketones (excluding diaryl/α,β-unsaturated/α-hetero) is 1. The first kappa shape index (κ1) is 15.3. The Kier molecular flexibility index (Phi) is 3.52. The van der Waals surface area contributed by atoms with E-state index in [4.69, 9.17) is 4.74 Å². The Balaban J connectivity index is 1.93. The van der Waals surface area contributed by atoms with Gasteiger partial charge < -0.3 is 9.84 Å². The van der Waals surface area contributed by atoms with Crippen molar-refractivity contribution < 1.29 is 14.6 Å². The van der Waals surface area contributed by atoms with Crippen LogP contribution in [0, 0.1) is 6.92 Å². The van der Waals surface area contributed by atoms with Crippen LogP contribution >= 0.6 is 0 Å². The first-order chi connectivity index (χ1) is 10.8. The molecule has 118 valence electrons. The monoisotopic (exact) mass is 308 g/mol. The van der Waals surface area contributed by atoms with Crippen molar-refractivity contribution in [1.29, 1.82) is 0 Å². The topological polar surface area (TPSA) is 46.5 Å². The SMILES string of the molecule is Cc1c(O)ccc2c1O/C(=C\c1ccc(C(C)(C)C)cc1)C2=O. The fourth-order valence-electron chi connectivity index (χ4n) is 2.61. The summed E-state index contributed by atoms with van der Waals surface area (Å²) < 4.78 is 5.68. The minimum absolute atomic E-state index is 0.0935. The maximum absolute atomic E-state index is 12.4. The molecule has 0 amide bonds. The minimum Gasteiger partial charge on any atom is -0.508 e. The molecule has 1 heterocycles. The zero-order valence-electron chi connectivity index (χ0n) is 13.8. The van der Waals surface area contributed by atoms with Crippen LogP contribution in [0.5, 0.6) is 11.5 Å². The zero-order chi connectivity index (χ0) is 16.8. The third-order valence-corrected chi connectivity index (χ3v) is 4.13. The molecule has 1 aliphatic heterocycles. The Labute approximate surface area is 136 Å². The second kappa shape index (κ2) is 5.27. The highest BCUT2D eigenvalue weighted by Gasteiger charge is 2.29. The van der Waals surface area contributed by atoms with Gasteiger partial charge in [0.05, 0.1) is 5.56 Å². The van der Waals surface area contributed by atoms with Crippen molar-refractivity contribution in [1.82, 2.24) is 0 Å². The molecule has 3 rings (SSSR count). The van der Waals surface area contributed by atoms with E-state index in [1.807, 2.05) is 12.1 Å². The zero-order valence-corrected chi connectivity index (χ0v) is 13.8. The fourth-order valence-corrected chi connectivity index (χ4v) is 2.61. The van der Waals surface area contributed by atoms with Crippen LogP contribution in [0.2, 0.25) is 0 Å². The molecule has 0 saturated carbocycles. The number of carbonyl (C=O) groups excluding carboxylic acids is 1. The van der Waals surface area contributed by atoms with Gasteiger partial charge in [0.1, 0.15) is 11.5 Å². The van der Waals surface area contributed by atoms with Gasteiger partial charge in [0.15, 0.2) is 5.76 Å². The second-order valence-corrected chi connectivity index (χ2v) is 6.90. The van der Waals surface area contributed by atoms with Gasteiger partial charge in [0.2, 0.25) is 5.78 Å². The highest BCUT2D eigenvalue weighted by Crippen LogP contribution is 2.38. The number of phenols is 1. The molecule has 2 aromatic carbocycles. The van der Waals surface area contributed by atoms with Crippen LogP contribution in [0.25, 0.3) is 6.08 Å². The van der Waals surface area contributed by atoms with Gasteiger partial charge in [-0.15, -0.1) is 0 Å². The van der Waals surface area contributed by atoms with E-state index in [0.29, 0.717) is 16.9 Å². The maximum Gasteiger partial charge on any atom is 0.231 e. The molecule has 1 N–H and O–H groups in total. The molecule has 0 saturated heterocycles. The van der Waals surface area contributed by atoms with Crippen molar-refractivity contribution in [3.63, 3.8) is 0 Å². The number of phenolic OH excluding ortho intramolecular Hbond substituents is 1. The largest absolute Gasteiger partial charge is 0.508 e. The van der Waals surface area contributed by atoms with E-state index >= 15 is 0 Å². The van der Waals surface area contributed by atoms with E-state index in [0.717, 1.165) is 5.56 Å². The molecule has 3 nitrogen and oxygen atoms in total. The highest BCUT2D eigenvalue weighted by atomic mass is 16.5. The summed E-state index contributed by atoms with van der Waals surface area (Å²) in [5.41, 5.74) is 3.33. The standard InChI is InChI=1S/C20H20O3/c1-12-16(21)10-9-15-18(22)17(23-19(12)15)11-13-5-7-14(8-6-13)20(2,3)4/h5-11,21H,1-4H3/b17-11-. The van der Waals surface area contributed by atoms with Crippen LogP contribution in [-0.2, 0) is 5.41 Å². The summed E-state index contributed by atoms with van der Waals surface area (Å²) in [6.07, 6.45) is 1.74. The van der Waals surface area contributed by atoms with Gasteiger partial charge in [-0.2, -0.15) is 0 Å². The molecule has 23 heavy (non-hydrogen) atoms. The summed E-state index contributed by atoms with van der Waals surface area (Å²) in [6.45, 7) is 8.23. The lowest BCUT2D eigenvalue weighted by Gasteiger charge is -2.18. The van der Waals surface area contributed by atoms with Crippen molar-refractivity contribution in [3.05, 3.63) is 64.4 Å². The number of carbonyl (C=O) groups is 1. The van der Waals surface area contributed by atoms with E-state index in [9.17, 15) is 9.90 Å². The molecular formula is C20H20O3. The van der Waals surface area contributed by atoms with Crippen molar-refractivity contribution in [3.8, 4) is 11.5 Å². The van der Waals surface area contributed by atoms with Crippen LogP contribution in [0.3, 0.4) is 0 Å². The molecule has 0 fully saturated rings. The first-order valence-corrected chi connectivity index (χ1v) is 7.65. The van der Waals surface area contributed by atoms with E-state index in [1.165, 1.54) is 11.6 Å². The van der Waals surface area contributed by atoms with Gasteiger partial charge in [-0.3, -0.25) is 4.79 Å². The van der Waals surface area contributed by atoms with Gasteiger partial charge in [-0.05, 0) is 41.7 Å². The third kappa shape index (κ3) is 2.74. The fraction of sp³-hybridized carbons (Fsp3) is 0.250. The molecule has 0 aromatic heterocycles. The maximum atomic E-state index is 12.4. The number of rotatable bonds is 1. The van der Waals surface area contributed by atoms with Gasteiger partial charge in [0, 0.05) is 5.56 Å². The summed E-state index contributed by atoms with van der Waals surface area (Å²) in [5, 5.41) is 9.74. The number of fused-ring (bicyclic) bond motifs is 1. The summed E-state index contributed by atoms with van der Waals surface area (Å²) in [5.74, 6) is 0.722. The number of ketones is 1. The minimum atomic E-state index is -0.150. The van der Waals surface area contributed by atoms with Gasteiger partial charge in [0.25, 0.3) is 0 Å². The Bertz CT molecular complexity index is 806. The molecule has 2 aromatic rings. The number of ether oxygens (including phenoxy) is 1. The Morgan fingerprint density at radius 2 is 1.70 bits per heavy atom. The average Bonchev–Trinajstić information content (AvgIpc) is 2.80. The van der Waals surface area contributed by atoms with E-state index in [1.54, 1.807) is 19.1 Å². The number of benzene rings is 2. The highest BCUT2D eigenvalue weighted by molar-refractivity contribution is 6.14. The second-order valence-electron chi connectivity index (χ2n) is 6.90. The molecule has 0 atom stereocenters. The molecule has 3 heteroatoms. The van der Waals surface area contributed by atoms with Crippen molar-refractivity contribution in [2.24, 2.45) is 0 Å². The molecular weight excluding hydrogens is 288 g/mol. The van der Waals surface area contributed by atoms with Gasteiger partial charge in [-0.25, -0.2) is 0 Å². The molecule has 0 radical (unpaired) electrons. The number of hydrogen-bond acceptors (Lipinski definition) is 3. The van der Waals surface area contributed by atoms with E-state index in [2.05, 4.69) is 32.9 Å². The van der Waals surface area contributed by atoms with Crippen LogP contribution < -0.4 is 4.74 Å². The normalized spacial score (nSPS) is 15.7. The number of hydrogen-bond donors (Lipinski definition) is 1. The quantitative estimate of drug-likeness (QED) is 0.782. The van der Waals surface area contributed by atoms with Gasteiger partial charge in [-0.1, -0.05) is 45.0 Å². The Morgan fingerprint density at radius 3 is 2.30 bits per heavy atom. The first-order valence-electron chi connectivity index (χ1n) is 7.65. The Morgan fingerprint density at radius 1 is 1.04 bits per heavy atom. The molecule has 0 unspecified atom stereocenters. The van der Waals surface area contributed by atoms with Gasteiger partial charge >= 0.3 is 0 Å². The van der Waals surface area contributed by atoms with Crippen LogP contribution in [0.4, 0.5) is 0 Å². The van der Waals surface area contributed by atoms with Crippen molar-refractivity contribution >= 4 is 11.9 Å². The average molecular weight is 308 g/mol. The summed E-state index contributed by atoms with van der Waals surface area (Å²) >= 11 is 0. The summed E-state index contributed by atoms with van der Waals surface area (Å²) in [7, 11) is 0. The summed E-state index contributed by atoms with van der Waals surface area (Å²) in [4.78, 5) is 12.4. The van der Waals surface area contributed by atoms with Crippen LogP contribution in [-0.4, -0.2) is 10.9 Å². The molecule has 1 aliphatic rings. The van der Waals surface area contributed by atoms with Crippen molar-refractivity contribution in [2.75, 3.05) is 0 Å². The lowest BCUT2D eigenvalue weighted by atomic mass is 9.86. The molecule has 0 bridgehead atoms. The van der Waals surface area contributed by atoms with E-state index < -0.39 is 0 Å². The lowest BCUT2D eigenvalue weighted by Crippen LogP contribution is -2.10. The predicted molar refractivity (Wildman–Crippen MR) is 90.9 cm³/mol. The molecule has 0 aliphatic carbocycles. The summed E-state index contributed by atoms with van der Waals surface area (Å²) in [6, 6.07) is 11.2. The smallest absolute Gasteiger partial charge is 0.231 e. The lowest BCUT2D eigenvalue weighted by molar-refractivity contribution is 0.101. The van der Waals surface area contributed by atoms with Crippen molar-refractivity contribution in [2.45, 2.75) is 33.1 Å². The third-order valence-electron chi connectivity index (χ3n) is 4.13. The van der Waals surface area contributed by atoms with E-state index in [-0.39, 0.29) is 22.7 Å². The van der Waals surface area contributed by atoms with Crippen LogP contribution in [0.1, 0.15) is 47.8 Å². The Hall–Kier alpha value is -2.55. The predicted octanol–water partition coefficient (Wildman–Crippen LogP) is 4.61. The number of aromatic hydroxyl groups is 1.